The second kappa shape index (κ2) is 14.5. The quantitative estimate of drug-likeness (QED) is 0.193. The summed E-state index contributed by atoms with van der Waals surface area (Å²) in [4.78, 5) is 11.2. The third-order valence-corrected chi connectivity index (χ3v) is 5.29. The molecule has 27 heavy (non-hydrogen) atoms. The zero-order valence-corrected chi connectivity index (χ0v) is 17.8. The summed E-state index contributed by atoms with van der Waals surface area (Å²) in [7, 11) is 0. The Hall–Kier alpha value is -1.51. The molecule has 0 aliphatic carbocycles. The fourth-order valence-electron chi connectivity index (χ4n) is 3.75. The summed E-state index contributed by atoms with van der Waals surface area (Å²) in [6.07, 6.45) is 15.2. The summed E-state index contributed by atoms with van der Waals surface area (Å²) < 4.78 is 5.17. The van der Waals surface area contributed by atoms with E-state index in [4.69, 9.17) is 9.84 Å². The Balaban J connectivity index is 3.06. The van der Waals surface area contributed by atoms with Gasteiger partial charge in [-0.25, -0.2) is 4.79 Å². The molecular weight excluding hydrogens is 336 g/mol. The maximum absolute atomic E-state index is 11.2. The normalized spacial score (nSPS) is 10.9. The van der Waals surface area contributed by atoms with Gasteiger partial charge in [-0.2, -0.15) is 0 Å². The molecule has 1 N–H and O–H groups in total. The third kappa shape index (κ3) is 9.30. The van der Waals surface area contributed by atoms with E-state index in [2.05, 4.69) is 26.8 Å². The molecule has 0 heterocycles. The third-order valence-electron chi connectivity index (χ3n) is 5.29. The van der Waals surface area contributed by atoms with E-state index in [9.17, 15) is 4.79 Å². The van der Waals surface area contributed by atoms with Crippen LogP contribution < -0.4 is 4.74 Å². The summed E-state index contributed by atoms with van der Waals surface area (Å²) in [6, 6.07) is 4.00. The van der Waals surface area contributed by atoms with E-state index in [0.29, 0.717) is 5.75 Å². The number of rotatable bonds is 15. The predicted octanol–water partition coefficient (Wildman–Crippen LogP) is 7.72. The lowest BCUT2D eigenvalue weighted by atomic mass is 9.89. The molecule has 0 amide bonds. The van der Waals surface area contributed by atoms with Gasteiger partial charge in [0.15, 0.2) is 0 Å². The Labute approximate surface area is 166 Å². The molecule has 0 fully saturated rings. The SMILES string of the molecule is CCCCCCc1c(CCCCC)ccc(OC(=O)O)c1CCCCCC. The maximum atomic E-state index is 11.2. The number of carboxylic acid groups (broad SMARTS) is 1. The number of aryl methyl sites for hydroxylation is 1. The van der Waals surface area contributed by atoms with Crippen LogP contribution >= 0.6 is 0 Å². The van der Waals surface area contributed by atoms with Gasteiger partial charge in [0.2, 0.25) is 0 Å². The van der Waals surface area contributed by atoms with Crippen LogP contribution in [0.1, 0.15) is 108 Å². The lowest BCUT2D eigenvalue weighted by Gasteiger charge is -2.18. The molecule has 3 nitrogen and oxygen atoms in total. The minimum Gasteiger partial charge on any atom is -0.449 e. The summed E-state index contributed by atoms with van der Waals surface area (Å²) in [6.45, 7) is 6.68. The van der Waals surface area contributed by atoms with Crippen LogP contribution in [0.5, 0.6) is 5.75 Å². The van der Waals surface area contributed by atoms with E-state index in [1.54, 1.807) is 0 Å². The van der Waals surface area contributed by atoms with Gasteiger partial charge in [-0.15, -0.1) is 0 Å². The lowest BCUT2D eigenvalue weighted by Crippen LogP contribution is -2.09. The number of carbonyl (C=O) groups is 1. The molecule has 0 unspecified atom stereocenters. The van der Waals surface area contributed by atoms with E-state index in [0.717, 1.165) is 31.2 Å². The summed E-state index contributed by atoms with van der Waals surface area (Å²) in [5.74, 6) is 0.559. The highest BCUT2D eigenvalue weighted by atomic mass is 16.7. The summed E-state index contributed by atoms with van der Waals surface area (Å²) in [5, 5.41) is 9.16. The van der Waals surface area contributed by atoms with Crippen LogP contribution in [-0.4, -0.2) is 11.3 Å². The molecular formula is C24H40O3. The van der Waals surface area contributed by atoms with Gasteiger partial charge in [-0.1, -0.05) is 78.2 Å². The highest BCUT2D eigenvalue weighted by Crippen LogP contribution is 2.31. The van der Waals surface area contributed by atoms with E-state index < -0.39 is 6.16 Å². The highest BCUT2D eigenvalue weighted by Gasteiger charge is 2.16. The lowest BCUT2D eigenvalue weighted by molar-refractivity contribution is 0.144. The van der Waals surface area contributed by atoms with Crippen LogP contribution in [0.15, 0.2) is 12.1 Å². The van der Waals surface area contributed by atoms with Crippen molar-refractivity contribution in [3.8, 4) is 5.75 Å². The molecule has 0 radical (unpaired) electrons. The zero-order chi connectivity index (χ0) is 19.9. The largest absolute Gasteiger partial charge is 0.511 e. The molecule has 0 saturated carbocycles. The van der Waals surface area contributed by atoms with E-state index in [-0.39, 0.29) is 0 Å². The first-order valence-corrected chi connectivity index (χ1v) is 11.2. The molecule has 0 atom stereocenters. The van der Waals surface area contributed by atoms with Gasteiger partial charge in [0.25, 0.3) is 0 Å². The number of ether oxygens (including phenoxy) is 1. The standard InChI is InChI=1S/C24H40O3/c1-4-7-10-13-16-21-20(15-12-9-6-3)18-19-23(27-24(25)26)22(21)17-14-11-8-5-2/h18-19H,4-17H2,1-3H3,(H,25,26). The van der Waals surface area contributed by atoms with Crippen LogP contribution in [0.4, 0.5) is 4.79 Å². The number of unbranched alkanes of at least 4 members (excludes halogenated alkanes) is 8. The minimum atomic E-state index is -1.21. The molecule has 0 aliphatic rings. The first kappa shape index (κ1) is 23.5. The van der Waals surface area contributed by atoms with Crippen molar-refractivity contribution < 1.29 is 14.6 Å². The number of hydrogen-bond acceptors (Lipinski definition) is 2. The van der Waals surface area contributed by atoms with Crippen molar-refractivity contribution >= 4 is 6.16 Å². The van der Waals surface area contributed by atoms with Crippen molar-refractivity contribution in [3.63, 3.8) is 0 Å². The fourth-order valence-corrected chi connectivity index (χ4v) is 3.75. The van der Waals surface area contributed by atoms with Crippen LogP contribution in [0, 0.1) is 0 Å². The Bertz CT molecular complexity index is 537. The van der Waals surface area contributed by atoms with Crippen LogP contribution in [0.2, 0.25) is 0 Å². The van der Waals surface area contributed by atoms with Gasteiger partial charge in [0, 0.05) is 0 Å². The van der Waals surface area contributed by atoms with E-state index in [1.807, 2.05) is 6.07 Å². The molecule has 1 rings (SSSR count). The van der Waals surface area contributed by atoms with Gasteiger partial charge in [0.05, 0.1) is 0 Å². The van der Waals surface area contributed by atoms with E-state index >= 15 is 0 Å². The van der Waals surface area contributed by atoms with Crippen LogP contribution in [0.3, 0.4) is 0 Å². The number of benzene rings is 1. The molecule has 154 valence electrons. The molecule has 1 aromatic carbocycles. The Morgan fingerprint density at radius 3 is 1.81 bits per heavy atom. The topological polar surface area (TPSA) is 46.5 Å². The molecule has 0 saturated heterocycles. The van der Waals surface area contributed by atoms with Crippen molar-refractivity contribution in [1.82, 2.24) is 0 Å². The van der Waals surface area contributed by atoms with Crippen molar-refractivity contribution in [2.24, 2.45) is 0 Å². The van der Waals surface area contributed by atoms with Gasteiger partial charge >= 0.3 is 6.16 Å². The average molecular weight is 377 g/mol. The number of hydrogen-bond donors (Lipinski definition) is 1. The van der Waals surface area contributed by atoms with Gasteiger partial charge in [0.1, 0.15) is 5.75 Å². The molecule has 0 aromatic heterocycles. The molecule has 0 bridgehead atoms. The Morgan fingerprint density at radius 1 is 0.741 bits per heavy atom. The van der Waals surface area contributed by atoms with Crippen LogP contribution in [0.25, 0.3) is 0 Å². The second-order valence-electron chi connectivity index (χ2n) is 7.63. The highest BCUT2D eigenvalue weighted by molar-refractivity contribution is 5.63. The van der Waals surface area contributed by atoms with Gasteiger partial charge < -0.3 is 9.84 Å². The summed E-state index contributed by atoms with van der Waals surface area (Å²) >= 11 is 0. The zero-order valence-electron chi connectivity index (χ0n) is 17.8. The van der Waals surface area contributed by atoms with Crippen molar-refractivity contribution in [3.05, 3.63) is 28.8 Å². The van der Waals surface area contributed by atoms with Crippen molar-refractivity contribution in [2.75, 3.05) is 0 Å². The molecule has 0 aliphatic heterocycles. The fraction of sp³-hybridized carbons (Fsp3) is 0.708. The second-order valence-corrected chi connectivity index (χ2v) is 7.63. The van der Waals surface area contributed by atoms with E-state index in [1.165, 1.54) is 75.3 Å². The minimum absolute atomic E-state index is 0.559. The molecule has 0 spiro atoms. The smallest absolute Gasteiger partial charge is 0.449 e. The van der Waals surface area contributed by atoms with Gasteiger partial charge in [-0.3, -0.25) is 0 Å². The van der Waals surface area contributed by atoms with Crippen molar-refractivity contribution in [1.29, 1.82) is 0 Å². The van der Waals surface area contributed by atoms with Gasteiger partial charge in [-0.05, 0) is 61.3 Å². The summed E-state index contributed by atoms with van der Waals surface area (Å²) in [5.41, 5.74) is 3.93. The first-order valence-electron chi connectivity index (χ1n) is 11.2. The maximum Gasteiger partial charge on any atom is 0.511 e. The van der Waals surface area contributed by atoms with Crippen molar-refractivity contribution in [2.45, 2.75) is 111 Å². The Kier molecular flexibility index (Phi) is 12.7. The predicted molar refractivity (Wildman–Crippen MR) is 114 cm³/mol. The molecule has 3 heteroatoms. The molecule has 1 aromatic rings. The van der Waals surface area contributed by atoms with Crippen LogP contribution in [-0.2, 0) is 19.3 Å². The first-order chi connectivity index (χ1) is 13.1. The monoisotopic (exact) mass is 376 g/mol. The average Bonchev–Trinajstić information content (AvgIpc) is 2.64. The Morgan fingerprint density at radius 2 is 1.26 bits per heavy atom.